The van der Waals surface area contributed by atoms with Crippen LogP contribution in [0.2, 0.25) is 0 Å². The zero-order valence-electron chi connectivity index (χ0n) is 15.8. The predicted octanol–water partition coefficient (Wildman–Crippen LogP) is 4.23. The Kier molecular flexibility index (Phi) is 5.22. The Balaban J connectivity index is 1.64. The lowest BCUT2D eigenvalue weighted by molar-refractivity contribution is 0.269. The van der Waals surface area contributed by atoms with Gasteiger partial charge in [-0.25, -0.2) is 0 Å². The molecule has 1 N–H and O–H groups in total. The molecule has 1 heterocycles. The van der Waals surface area contributed by atoms with Crippen LogP contribution in [0.3, 0.4) is 0 Å². The van der Waals surface area contributed by atoms with Crippen LogP contribution in [-0.4, -0.2) is 20.9 Å². The van der Waals surface area contributed by atoms with Crippen molar-refractivity contribution in [3.63, 3.8) is 0 Å². The number of hydrogen-bond acceptors (Lipinski definition) is 5. The minimum absolute atomic E-state index is 0.164. The Morgan fingerprint density at radius 1 is 0.897 bits per heavy atom. The third kappa shape index (κ3) is 4.09. The topological polar surface area (TPSA) is 77.0 Å². The fourth-order valence-electron chi connectivity index (χ4n) is 3.02. The Morgan fingerprint density at radius 2 is 1.66 bits per heavy atom. The molecule has 0 spiro atoms. The van der Waals surface area contributed by atoms with Crippen molar-refractivity contribution in [1.29, 1.82) is 0 Å². The van der Waals surface area contributed by atoms with Crippen LogP contribution in [0.15, 0.2) is 82.1 Å². The van der Waals surface area contributed by atoms with E-state index in [2.05, 4.69) is 9.71 Å². The Bertz CT molecular complexity index is 1160. The molecule has 4 rings (SSSR count). The smallest absolute Gasteiger partial charge is 0.286 e. The van der Waals surface area contributed by atoms with Gasteiger partial charge in [-0.3, -0.25) is 0 Å². The van der Waals surface area contributed by atoms with Gasteiger partial charge in [-0.15, -0.1) is 4.40 Å². The predicted molar refractivity (Wildman–Crippen MR) is 112 cm³/mol. The van der Waals surface area contributed by atoms with E-state index in [0.29, 0.717) is 36.0 Å². The normalized spacial score (nSPS) is 14.3. The van der Waals surface area contributed by atoms with Gasteiger partial charge in [0, 0.05) is 5.56 Å². The maximum atomic E-state index is 12.5. The third-order valence-electron chi connectivity index (χ3n) is 4.38. The molecule has 0 saturated carbocycles. The molecule has 3 aromatic rings. The number of nitrogens with one attached hydrogen (secondary N) is 1. The van der Waals surface area contributed by atoms with Gasteiger partial charge in [0.1, 0.15) is 11.5 Å². The van der Waals surface area contributed by atoms with Gasteiger partial charge in [0.05, 0.1) is 12.3 Å². The number of anilines is 1. The summed E-state index contributed by atoms with van der Waals surface area (Å²) in [6.07, 6.45) is 0. The van der Waals surface area contributed by atoms with Gasteiger partial charge < -0.3 is 14.8 Å². The van der Waals surface area contributed by atoms with E-state index in [4.69, 9.17) is 9.47 Å². The number of benzene rings is 3. The summed E-state index contributed by atoms with van der Waals surface area (Å²) in [6, 6.07) is 21.8. The van der Waals surface area contributed by atoms with Gasteiger partial charge in [-0.2, -0.15) is 8.42 Å². The summed E-state index contributed by atoms with van der Waals surface area (Å²) in [6.45, 7) is 2.73. The average Bonchev–Trinajstić information content (AvgIpc) is 2.73. The Hall–Kier alpha value is -3.32. The number of ether oxygens (including phenoxy) is 2. The second kappa shape index (κ2) is 7.97. The first kappa shape index (κ1) is 19.0. The van der Waals surface area contributed by atoms with Gasteiger partial charge in [-0.1, -0.05) is 42.5 Å². The number of nitrogens with zero attached hydrogens (tertiary/aromatic N) is 1. The quantitative estimate of drug-likeness (QED) is 0.661. The highest BCUT2D eigenvalue weighted by molar-refractivity contribution is 7.90. The van der Waals surface area contributed by atoms with Crippen molar-refractivity contribution in [3.8, 4) is 11.5 Å². The van der Waals surface area contributed by atoms with E-state index in [1.54, 1.807) is 36.4 Å². The average molecular weight is 408 g/mol. The van der Waals surface area contributed by atoms with Crippen LogP contribution < -0.4 is 14.8 Å². The fraction of sp³-hybridized carbons (Fsp3) is 0.136. The number of hydrogen-bond donors (Lipinski definition) is 1. The van der Waals surface area contributed by atoms with Crippen LogP contribution in [0, 0.1) is 0 Å². The van der Waals surface area contributed by atoms with Gasteiger partial charge >= 0.3 is 0 Å². The summed E-state index contributed by atoms with van der Waals surface area (Å²) in [4.78, 5) is 0.164. The summed E-state index contributed by atoms with van der Waals surface area (Å²) < 4.78 is 40.6. The minimum Gasteiger partial charge on any atom is -0.490 e. The van der Waals surface area contributed by atoms with Crippen LogP contribution in [0.25, 0.3) is 0 Å². The number of rotatable bonds is 6. The van der Waals surface area contributed by atoms with E-state index in [9.17, 15) is 8.42 Å². The van der Waals surface area contributed by atoms with Crippen LogP contribution in [0.1, 0.15) is 18.1 Å². The van der Waals surface area contributed by atoms with Crippen molar-refractivity contribution in [3.05, 3.63) is 83.9 Å². The van der Waals surface area contributed by atoms with E-state index in [1.165, 1.54) is 6.07 Å². The van der Waals surface area contributed by atoms with Crippen molar-refractivity contribution in [2.75, 3.05) is 11.9 Å². The summed E-state index contributed by atoms with van der Waals surface area (Å²) in [5.74, 6) is 1.36. The lowest BCUT2D eigenvalue weighted by Crippen LogP contribution is -2.22. The highest BCUT2D eigenvalue weighted by atomic mass is 32.2. The van der Waals surface area contributed by atoms with E-state index >= 15 is 0 Å². The van der Waals surface area contributed by atoms with Crippen molar-refractivity contribution in [1.82, 2.24) is 0 Å². The molecule has 0 unspecified atom stereocenters. The molecule has 0 aromatic heterocycles. The molecule has 29 heavy (non-hydrogen) atoms. The molecule has 3 aromatic carbocycles. The summed E-state index contributed by atoms with van der Waals surface area (Å²) >= 11 is 0. The molecule has 0 aliphatic carbocycles. The second-order valence-corrected chi connectivity index (χ2v) is 7.98. The molecule has 0 saturated heterocycles. The van der Waals surface area contributed by atoms with Crippen LogP contribution >= 0.6 is 0 Å². The minimum atomic E-state index is -3.77. The first-order chi connectivity index (χ1) is 14.1. The molecule has 148 valence electrons. The van der Waals surface area contributed by atoms with E-state index in [1.807, 2.05) is 37.3 Å². The number of amidine groups is 1. The Morgan fingerprint density at radius 3 is 2.45 bits per heavy atom. The number of fused-ring (bicyclic) bond motifs is 1. The van der Waals surface area contributed by atoms with E-state index in [0.717, 1.165) is 5.56 Å². The highest BCUT2D eigenvalue weighted by Crippen LogP contribution is 2.32. The van der Waals surface area contributed by atoms with Crippen LogP contribution in [-0.2, 0) is 16.6 Å². The van der Waals surface area contributed by atoms with Crippen LogP contribution in [0.4, 0.5) is 5.69 Å². The van der Waals surface area contributed by atoms with Gasteiger partial charge in [-0.05, 0) is 42.8 Å². The molecule has 0 fully saturated rings. The lowest BCUT2D eigenvalue weighted by atomic mass is 10.1. The monoisotopic (exact) mass is 408 g/mol. The zero-order chi connectivity index (χ0) is 20.3. The molecule has 0 amide bonds. The maximum Gasteiger partial charge on any atom is 0.286 e. The molecule has 6 nitrogen and oxygen atoms in total. The highest BCUT2D eigenvalue weighted by Gasteiger charge is 2.25. The summed E-state index contributed by atoms with van der Waals surface area (Å²) in [5, 5.41) is 3.09. The molecule has 1 aliphatic heterocycles. The molecular formula is C22H20N2O4S. The second-order valence-electron chi connectivity index (χ2n) is 6.40. The molecular weight excluding hydrogens is 388 g/mol. The molecule has 0 bridgehead atoms. The van der Waals surface area contributed by atoms with Crippen molar-refractivity contribution in [2.24, 2.45) is 4.40 Å². The van der Waals surface area contributed by atoms with Crippen molar-refractivity contribution in [2.45, 2.75) is 18.4 Å². The number of para-hydroxylation sites is 1. The van der Waals surface area contributed by atoms with Gasteiger partial charge in [0.2, 0.25) is 0 Å². The maximum absolute atomic E-state index is 12.5. The third-order valence-corrected chi connectivity index (χ3v) is 5.72. The van der Waals surface area contributed by atoms with Crippen molar-refractivity contribution < 1.29 is 17.9 Å². The number of sulfonamides is 1. The summed E-state index contributed by atoms with van der Waals surface area (Å²) in [7, 11) is -3.77. The van der Waals surface area contributed by atoms with Gasteiger partial charge in [0.15, 0.2) is 17.3 Å². The zero-order valence-corrected chi connectivity index (χ0v) is 16.6. The standard InChI is InChI=1S/C22H20N2O4S/c1-2-27-20-14-17(12-13-19(20)28-15-16-8-4-3-5-9-16)22-23-18-10-6-7-11-21(18)29(25,26)24-22/h3-14H,2,15H2,1H3,(H,23,24). The molecule has 0 atom stereocenters. The van der Waals surface area contributed by atoms with Crippen LogP contribution in [0.5, 0.6) is 11.5 Å². The van der Waals surface area contributed by atoms with Gasteiger partial charge in [0.25, 0.3) is 10.0 Å². The Labute approximate surface area is 169 Å². The van der Waals surface area contributed by atoms with E-state index < -0.39 is 10.0 Å². The molecule has 1 aliphatic rings. The van der Waals surface area contributed by atoms with E-state index in [-0.39, 0.29) is 10.7 Å². The first-order valence-electron chi connectivity index (χ1n) is 9.22. The first-order valence-corrected chi connectivity index (χ1v) is 10.7. The molecule has 7 heteroatoms. The largest absolute Gasteiger partial charge is 0.490 e. The summed E-state index contributed by atoms with van der Waals surface area (Å²) in [5.41, 5.74) is 2.14. The lowest BCUT2D eigenvalue weighted by Gasteiger charge is -2.19. The SMILES string of the molecule is CCOc1cc(C2=NS(=O)(=O)c3ccccc3N2)ccc1OCc1ccccc1. The molecule has 0 radical (unpaired) electrons. The fourth-order valence-corrected chi connectivity index (χ4v) is 4.15. The van der Waals surface area contributed by atoms with Crippen molar-refractivity contribution >= 4 is 21.5 Å².